The fraction of sp³-hybridized carbons (Fsp3) is 1.00. The van der Waals surface area contributed by atoms with Crippen LogP contribution in [0.3, 0.4) is 0 Å². The molecule has 1 fully saturated rings. The molecule has 6 heteroatoms. The molecular weight excluding hydrogens is 233 g/mol. The van der Waals surface area contributed by atoms with Gasteiger partial charge in [-0.2, -0.15) is 13.2 Å². The van der Waals surface area contributed by atoms with Crippen LogP contribution >= 0.6 is 0 Å². The van der Waals surface area contributed by atoms with Crippen molar-refractivity contribution in [1.29, 1.82) is 0 Å². The number of halogens is 3. The summed E-state index contributed by atoms with van der Waals surface area (Å²) >= 11 is 0. The molecule has 0 spiro atoms. The van der Waals surface area contributed by atoms with Gasteiger partial charge in [0, 0.05) is 25.7 Å². The summed E-state index contributed by atoms with van der Waals surface area (Å²) in [4.78, 5) is 2.33. The highest BCUT2D eigenvalue weighted by molar-refractivity contribution is 4.80. The molecule has 0 aromatic rings. The average Bonchev–Trinajstić information content (AvgIpc) is 2.64. The highest BCUT2D eigenvalue weighted by Crippen LogP contribution is 2.17. The molecule has 1 saturated heterocycles. The molecule has 1 heterocycles. The van der Waals surface area contributed by atoms with Gasteiger partial charge < -0.3 is 10.1 Å². The molecule has 0 saturated carbocycles. The molecule has 102 valence electrons. The van der Waals surface area contributed by atoms with Crippen molar-refractivity contribution in [1.82, 2.24) is 10.2 Å². The summed E-state index contributed by atoms with van der Waals surface area (Å²) in [5.41, 5.74) is 0. The summed E-state index contributed by atoms with van der Waals surface area (Å²) < 4.78 is 40.0. The Bertz CT molecular complexity index is 211. The van der Waals surface area contributed by atoms with Crippen LogP contribution in [0.15, 0.2) is 0 Å². The molecular formula is C11H21F3N2O. The van der Waals surface area contributed by atoms with Gasteiger partial charge in [-0.3, -0.25) is 4.90 Å². The van der Waals surface area contributed by atoms with E-state index in [-0.39, 0.29) is 6.61 Å². The van der Waals surface area contributed by atoms with Gasteiger partial charge in [0.05, 0.1) is 0 Å². The maximum absolute atomic E-state index is 11.8. The number of ether oxygens (including phenoxy) is 1. The number of hydrogen-bond donors (Lipinski definition) is 1. The number of likely N-dealkylation sites (tertiary alicyclic amines) is 1. The van der Waals surface area contributed by atoms with Crippen molar-refractivity contribution in [3.05, 3.63) is 0 Å². The lowest BCUT2D eigenvalue weighted by atomic mass is 10.2. The van der Waals surface area contributed by atoms with Crippen LogP contribution in [-0.2, 0) is 4.74 Å². The van der Waals surface area contributed by atoms with E-state index < -0.39 is 12.8 Å². The molecule has 0 bridgehead atoms. The van der Waals surface area contributed by atoms with Crippen LogP contribution in [0.1, 0.15) is 19.3 Å². The normalized spacial score (nSPS) is 22.2. The predicted molar refractivity (Wildman–Crippen MR) is 60.0 cm³/mol. The first-order valence-corrected chi connectivity index (χ1v) is 6.06. The Labute approximate surface area is 100 Å². The first-order valence-electron chi connectivity index (χ1n) is 6.06. The topological polar surface area (TPSA) is 24.5 Å². The number of alkyl halides is 3. The maximum Gasteiger partial charge on any atom is 0.411 e. The van der Waals surface area contributed by atoms with Gasteiger partial charge in [-0.15, -0.1) is 0 Å². The third kappa shape index (κ3) is 6.24. The van der Waals surface area contributed by atoms with Crippen molar-refractivity contribution in [2.24, 2.45) is 0 Å². The van der Waals surface area contributed by atoms with Crippen LogP contribution in [0.2, 0.25) is 0 Å². The summed E-state index contributed by atoms with van der Waals surface area (Å²) in [5, 5.41) is 3.14. The summed E-state index contributed by atoms with van der Waals surface area (Å²) in [7, 11) is 1.92. The van der Waals surface area contributed by atoms with Crippen LogP contribution in [0.4, 0.5) is 13.2 Å². The first-order chi connectivity index (χ1) is 8.03. The lowest BCUT2D eigenvalue weighted by Crippen LogP contribution is -2.37. The lowest BCUT2D eigenvalue weighted by molar-refractivity contribution is -0.174. The Balaban J connectivity index is 2.06. The van der Waals surface area contributed by atoms with Crippen molar-refractivity contribution in [2.45, 2.75) is 31.5 Å². The van der Waals surface area contributed by atoms with E-state index in [1.807, 2.05) is 7.05 Å². The van der Waals surface area contributed by atoms with Crippen LogP contribution in [0, 0.1) is 0 Å². The second-order valence-electron chi connectivity index (χ2n) is 4.41. The smallest absolute Gasteiger partial charge is 0.372 e. The van der Waals surface area contributed by atoms with E-state index in [9.17, 15) is 13.2 Å². The highest BCUT2D eigenvalue weighted by Gasteiger charge is 2.27. The van der Waals surface area contributed by atoms with Crippen molar-refractivity contribution in [3.8, 4) is 0 Å². The molecule has 17 heavy (non-hydrogen) atoms. The second-order valence-corrected chi connectivity index (χ2v) is 4.41. The van der Waals surface area contributed by atoms with E-state index in [1.54, 1.807) is 0 Å². The number of nitrogens with one attached hydrogen (secondary N) is 1. The quantitative estimate of drug-likeness (QED) is 0.699. The van der Waals surface area contributed by atoms with Crippen LogP contribution in [0.5, 0.6) is 0 Å². The molecule has 0 aromatic heterocycles. The summed E-state index contributed by atoms with van der Waals surface area (Å²) in [5.74, 6) is 0. The van der Waals surface area contributed by atoms with Gasteiger partial charge in [0.2, 0.25) is 0 Å². The van der Waals surface area contributed by atoms with Gasteiger partial charge in [0.15, 0.2) is 0 Å². The monoisotopic (exact) mass is 254 g/mol. The van der Waals surface area contributed by atoms with Crippen molar-refractivity contribution in [3.63, 3.8) is 0 Å². The zero-order chi connectivity index (χ0) is 12.7. The first kappa shape index (κ1) is 14.7. The number of nitrogens with zero attached hydrogens (tertiary/aromatic N) is 1. The minimum absolute atomic E-state index is 0.183. The molecule has 1 N–H and O–H groups in total. The van der Waals surface area contributed by atoms with Gasteiger partial charge >= 0.3 is 6.18 Å². The van der Waals surface area contributed by atoms with Gasteiger partial charge in [0.25, 0.3) is 0 Å². The van der Waals surface area contributed by atoms with Gasteiger partial charge in [-0.05, 0) is 32.9 Å². The summed E-state index contributed by atoms with van der Waals surface area (Å²) in [6.45, 7) is 1.87. The second kappa shape index (κ2) is 7.18. The number of rotatable bonds is 7. The Kier molecular flexibility index (Phi) is 6.22. The Morgan fingerprint density at radius 3 is 2.82 bits per heavy atom. The average molecular weight is 254 g/mol. The van der Waals surface area contributed by atoms with Crippen LogP contribution in [-0.4, -0.2) is 57.0 Å². The maximum atomic E-state index is 11.8. The molecule has 0 aromatic carbocycles. The fourth-order valence-electron chi connectivity index (χ4n) is 2.21. The van der Waals surface area contributed by atoms with Crippen molar-refractivity contribution in [2.75, 3.05) is 39.9 Å². The van der Waals surface area contributed by atoms with Gasteiger partial charge in [-0.25, -0.2) is 0 Å². The fourth-order valence-corrected chi connectivity index (χ4v) is 2.21. The Morgan fingerprint density at radius 1 is 1.41 bits per heavy atom. The van der Waals surface area contributed by atoms with E-state index in [0.29, 0.717) is 12.5 Å². The third-order valence-corrected chi connectivity index (χ3v) is 2.94. The standard InChI is InChI=1S/C11H21F3N2O/c1-15-8-10-4-2-5-16(10)6-3-7-17-9-11(12,13)14/h10,15H,2-9H2,1H3. The number of likely N-dealkylation sites (N-methyl/N-ethyl adjacent to an activating group) is 1. The van der Waals surface area contributed by atoms with Crippen molar-refractivity contribution < 1.29 is 17.9 Å². The largest absolute Gasteiger partial charge is 0.411 e. The Morgan fingerprint density at radius 2 is 2.18 bits per heavy atom. The SMILES string of the molecule is CNCC1CCCN1CCCOCC(F)(F)F. The van der Waals surface area contributed by atoms with E-state index in [2.05, 4.69) is 15.0 Å². The molecule has 1 aliphatic heterocycles. The van der Waals surface area contributed by atoms with E-state index in [4.69, 9.17) is 0 Å². The van der Waals surface area contributed by atoms with Crippen molar-refractivity contribution >= 4 is 0 Å². The molecule has 1 rings (SSSR count). The molecule has 0 amide bonds. The van der Waals surface area contributed by atoms with Crippen LogP contribution < -0.4 is 5.32 Å². The van der Waals surface area contributed by atoms with Gasteiger partial charge in [0.1, 0.15) is 6.61 Å². The predicted octanol–water partition coefficient (Wildman–Crippen LogP) is 1.64. The summed E-state index contributed by atoms with van der Waals surface area (Å²) in [6.07, 6.45) is -1.20. The summed E-state index contributed by atoms with van der Waals surface area (Å²) in [6, 6.07) is 0.530. The molecule has 1 atom stereocenters. The highest BCUT2D eigenvalue weighted by atomic mass is 19.4. The molecule has 0 radical (unpaired) electrons. The Hall–Kier alpha value is -0.330. The molecule has 3 nitrogen and oxygen atoms in total. The van der Waals surface area contributed by atoms with E-state index in [0.717, 1.165) is 19.6 Å². The number of hydrogen-bond acceptors (Lipinski definition) is 3. The minimum atomic E-state index is -4.21. The minimum Gasteiger partial charge on any atom is -0.372 e. The molecule has 1 aliphatic rings. The van der Waals surface area contributed by atoms with E-state index in [1.165, 1.54) is 12.8 Å². The third-order valence-electron chi connectivity index (χ3n) is 2.94. The van der Waals surface area contributed by atoms with Gasteiger partial charge in [-0.1, -0.05) is 0 Å². The zero-order valence-corrected chi connectivity index (χ0v) is 10.2. The van der Waals surface area contributed by atoms with E-state index >= 15 is 0 Å². The zero-order valence-electron chi connectivity index (χ0n) is 10.2. The molecule has 1 unspecified atom stereocenters. The molecule has 0 aliphatic carbocycles. The lowest BCUT2D eigenvalue weighted by Gasteiger charge is -2.24. The van der Waals surface area contributed by atoms with Crippen LogP contribution in [0.25, 0.3) is 0 Å².